The highest BCUT2D eigenvalue weighted by Gasteiger charge is 2.71. The number of fused-ring (bicyclic) bond motifs is 2. The van der Waals surface area contributed by atoms with Crippen LogP contribution in [0.1, 0.15) is 47.1 Å². The van der Waals surface area contributed by atoms with Crippen LogP contribution in [0.5, 0.6) is 5.75 Å². The molecule has 3 atom stereocenters. The van der Waals surface area contributed by atoms with Gasteiger partial charge in [-0.3, -0.25) is 9.69 Å². The monoisotopic (exact) mass is 598 g/mol. The zero-order valence-electron chi connectivity index (χ0n) is 25.9. The molecule has 1 aliphatic carbocycles. The first-order valence-corrected chi connectivity index (χ1v) is 15.9. The topological polar surface area (TPSA) is 97.3 Å². The number of piperidine rings is 1. The maximum atomic E-state index is 12.2. The van der Waals surface area contributed by atoms with Crippen molar-refractivity contribution >= 4 is 11.9 Å². The first-order valence-electron chi connectivity index (χ1n) is 15.9. The van der Waals surface area contributed by atoms with E-state index in [2.05, 4.69) is 41.9 Å². The van der Waals surface area contributed by atoms with Gasteiger partial charge >= 0.3 is 5.97 Å². The van der Waals surface area contributed by atoms with Crippen molar-refractivity contribution in [2.45, 2.75) is 64.8 Å². The van der Waals surface area contributed by atoms with Gasteiger partial charge in [0, 0.05) is 57.8 Å². The maximum Gasteiger partial charge on any atom is 0.312 e. The second-order valence-electron chi connectivity index (χ2n) is 13.0. The van der Waals surface area contributed by atoms with Gasteiger partial charge in [-0.2, -0.15) is 0 Å². The molecule has 1 aromatic heterocycles. The Morgan fingerprint density at radius 1 is 1.16 bits per heavy atom. The summed E-state index contributed by atoms with van der Waals surface area (Å²) in [5.74, 6) is 0.671. The fourth-order valence-electron chi connectivity index (χ4n) is 7.90. The number of aromatic nitrogens is 2. The molecule has 9 heteroatoms. The van der Waals surface area contributed by atoms with Crippen molar-refractivity contribution in [3.05, 3.63) is 70.4 Å². The van der Waals surface area contributed by atoms with Gasteiger partial charge in [0.1, 0.15) is 12.4 Å². The molecule has 0 radical (unpaired) electrons. The van der Waals surface area contributed by atoms with Gasteiger partial charge in [0.25, 0.3) is 0 Å². The molecular weight excluding hydrogens is 556 g/mol. The number of hydrogen-bond donors (Lipinski definition) is 1. The normalized spacial score (nSPS) is 25.0. The molecular formula is C35H42N4O5. The molecule has 0 bridgehead atoms. The van der Waals surface area contributed by atoms with E-state index in [-0.39, 0.29) is 12.0 Å². The Morgan fingerprint density at radius 3 is 2.80 bits per heavy atom. The van der Waals surface area contributed by atoms with E-state index < -0.39 is 11.4 Å². The molecule has 1 N–H and O–H groups in total. The first-order chi connectivity index (χ1) is 21.4. The van der Waals surface area contributed by atoms with E-state index in [0.717, 1.165) is 68.1 Å². The lowest BCUT2D eigenvalue weighted by molar-refractivity contribution is -0.144. The summed E-state index contributed by atoms with van der Waals surface area (Å²) in [6.45, 7) is 9.55. The molecule has 2 unspecified atom stereocenters. The number of anilines is 1. The number of carboxylic acid groups (broad SMARTS) is 1. The van der Waals surface area contributed by atoms with Crippen LogP contribution in [0.15, 0.2) is 42.6 Å². The molecule has 44 heavy (non-hydrogen) atoms. The Balaban J connectivity index is 1.10. The highest BCUT2D eigenvalue weighted by atomic mass is 16.5. The van der Waals surface area contributed by atoms with Crippen molar-refractivity contribution in [2.75, 3.05) is 44.9 Å². The van der Waals surface area contributed by atoms with Gasteiger partial charge < -0.3 is 24.2 Å². The molecule has 2 saturated heterocycles. The van der Waals surface area contributed by atoms with Gasteiger partial charge in [-0.1, -0.05) is 24.3 Å². The third-order valence-corrected chi connectivity index (χ3v) is 10.4. The van der Waals surface area contributed by atoms with E-state index in [1.807, 2.05) is 23.1 Å². The number of nitrogens with zero attached hydrogens (tertiary/aromatic N) is 4. The van der Waals surface area contributed by atoms with Crippen LogP contribution in [-0.4, -0.2) is 78.0 Å². The summed E-state index contributed by atoms with van der Waals surface area (Å²) in [4.78, 5) is 26.4. The lowest BCUT2D eigenvalue weighted by Gasteiger charge is -2.38. The zero-order valence-corrected chi connectivity index (χ0v) is 25.9. The Kier molecular flexibility index (Phi) is 7.80. The van der Waals surface area contributed by atoms with Crippen molar-refractivity contribution in [2.24, 2.45) is 11.3 Å². The standard InChI is InChI=1S/C35H42N4O5/c1-22-5-4-6-28(30-7-11-36-34(37-30)39-18-26-17-35(26,33(40)41)31(39)21-42-3)32(22)44-20-24-15-23(2)29-19-38(12-8-25(29)16-24)27-9-13-43-14-10-27/h4-7,11,15-16,26-27,31H,8-10,12-14,17-21H2,1-3H3,(H,40,41)/t26?,31-,35?/m1/s1. The number of carbonyl (C=O) groups is 1. The Morgan fingerprint density at radius 2 is 2.00 bits per heavy atom. The van der Waals surface area contributed by atoms with E-state index in [1.165, 1.54) is 22.3 Å². The molecule has 2 aromatic carbocycles. The number of aryl methyl sites for hydroxylation is 2. The predicted octanol–water partition coefficient (Wildman–Crippen LogP) is 4.80. The molecule has 1 saturated carbocycles. The SMILES string of the molecule is COC[C@H]1N(c2nccc(-c3cccc(C)c3OCc3cc(C)c4c(c3)CCN(C3CCOCC3)C4)n2)CC2CC21C(=O)O. The molecule has 4 heterocycles. The number of para-hydroxylation sites is 1. The third kappa shape index (κ3) is 5.14. The zero-order chi connectivity index (χ0) is 30.4. The fourth-order valence-corrected chi connectivity index (χ4v) is 7.90. The number of hydrogen-bond acceptors (Lipinski definition) is 8. The number of carboxylic acids is 1. The minimum absolute atomic E-state index is 0.0928. The second-order valence-corrected chi connectivity index (χ2v) is 13.0. The minimum atomic E-state index is -0.775. The summed E-state index contributed by atoms with van der Waals surface area (Å²) in [6, 6.07) is 12.9. The largest absolute Gasteiger partial charge is 0.488 e. The summed E-state index contributed by atoms with van der Waals surface area (Å²) in [5, 5.41) is 10.0. The number of ether oxygens (including phenoxy) is 3. The third-order valence-electron chi connectivity index (χ3n) is 10.4. The lowest BCUT2D eigenvalue weighted by Crippen LogP contribution is -2.44. The van der Waals surface area contributed by atoms with Crippen LogP contribution < -0.4 is 9.64 Å². The van der Waals surface area contributed by atoms with Crippen LogP contribution >= 0.6 is 0 Å². The van der Waals surface area contributed by atoms with E-state index in [4.69, 9.17) is 19.2 Å². The number of rotatable bonds is 9. The first kappa shape index (κ1) is 29.2. The highest BCUT2D eigenvalue weighted by Crippen LogP contribution is 2.62. The molecule has 0 amide bonds. The number of benzene rings is 2. The van der Waals surface area contributed by atoms with E-state index in [1.54, 1.807) is 13.3 Å². The summed E-state index contributed by atoms with van der Waals surface area (Å²) >= 11 is 0. The van der Waals surface area contributed by atoms with E-state index in [0.29, 0.717) is 38.2 Å². The maximum absolute atomic E-state index is 12.2. The summed E-state index contributed by atoms with van der Waals surface area (Å²) in [7, 11) is 1.61. The van der Waals surface area contributed by atoms with Crippen LogP contribution in [-0.2, 0) is 33.8 Å². The van der Waals surface area contributed by atoms with Crippen LogP contribution in [0.3, 0.4) is 0 Å². The molecule has 4 aliphatic rings. The molecule has 3 aromatic rings. The molecule has 7 rings (SSSR count). The van der Waals surface area contributed by atoms with Gasteiger partial charge in [-0.25, -0.2) is 9.97 Å². The molecule has 3 aliphatic heterocycles. The van der Waals surface area contributed by atoms with Crippen LogP contribution in [0.4, 0.5) is 5.95 Å². The van der Waals surface area contributed by atoms with Crippen LogP contribution in [0.2, 0.25) is 0 Å². The van der Waals surface area contributed by atoms with E-state index >= 15 is 0 Å². The summed E-state index contributed by atoms with van der Waals surface area (Å²) < 4.78 is 17.6. The quantitative estimate of drug-likeness (QED) is 0.373. The predicted molar refractivity (Wildman–Crippen MR) is 167 cm³/mol. The molecule has 3 fully saturated rings. The van der Waals surface area contributed by atoms with Gasteiger partial charge in [0.15, 0.2) is 0 Å². The Hall–Kier alpha value is -3.53. The van der Waals surface area contributed by atoms with Crippen molar-refractivity contribution < 1.29 is 24.1 Å². The van der Waals surface area contributed by atoms with E-state index in [9.17, 15) is 9.90 Å². The molecule has 232 valence electrons. The van der Waals surface area contributed by atoms with Gasteiger partial charge in [0.2, 0.25) is 5.95 Å². The smallest absolute Gasteiger partial charge is 0.312 e. The highest BCUT2D eigenvalue weighted by molar-refractivity contribution is 5.82. The van der Waals surface area contributed by atoms with Crippen molar-refractivity contribution in [3.8, 4) is 17.0 Å². The Bertz CT molecular complexity index is 1560. The number of methoxy groups -OCH3 is 1. The second kappa shape index (κ2) is 11.8. The van der Waals surface area contributed by atoms with Gasteiger partial charge in [-0.05, 0) is 85.4 Å². The minimum Gasteiger partial charge on any atom is -0.488 e. The van der Waals surface area contributed by atoms with Crippen LogP contribution in [0.25, 0.3) is 11.3 Å². The molecule has 9 nitrogen and oxygen atoms in total. The average molecular weight is 599 g/mol. The lowest BCUT2D eigenvalue weighted by atomic mass is 9.91. The Labute approximate surface area is 259 Å². The van der Waals surface area contributed by atoms with Crippen molar-refractivity contribution in [3.63, 3.8) is 0 Å². The molecule has 0 spiro atoms. The van der Waals surface area contributed by atoms with Crippen molar-refractivity contribution in [1.82, 2.24) is 14.9 Å². The summed E-state index contributed by atoms with van der Waals surface area (Å²) in [5.41, 5.74) is 7.32. The van der Waals surface area contributed by atoms with Crippen molar-refractivity contribution in [1.29, 1.82) is 0 Å². The fraction of sp³-hybridized carbons (Fsp3) is 0.514. The van der Waals surface area contributed by atoms with Crippen LogP contribution in [0, 0.1) is 25.2 Å². The van der Waals surface area contributed by atoms with Gasteiger partial charge in [-0.15, -0.1) is 0 Å². The summed E-state index contributed by atoms with van der Waals surface area (Å²) in [6.07, 6.45) is 5.75. The number of aliphatic carboxylic acids is 1. The van der Waals surface area contributed by atoms with Gasteiger partial charge in [0.05, 0.1) is 23.8 Å². The average Bonchev–Trinajstić information content (AvgIpc) is 3.69.